The van der Waals surface area contributed by atoms with Crippen LogP contribution in [0.25, 0.3) is 0 Å². The van der Waals surface area contributed by atoms with Crippen molar-refractivity contribution in [1.82, 2.24) is 10.2 Å². The lowest BCUT2D eigenvalue weighted by atomic mass is 9.96. The molecule has 31 heavy (non-hydrogen) atoms. The Kier molecular flexibility index (Phi) is 7.18. The summed E-state index contributed by atoms with van der Waals surface area (Å²) >= 11 is 11.1. The van der Waals surface area contributed by atoms with Crippen molar-refractivity contribution >= 4 is 52.1 Å². The molecule has 0 atom stereocenters. The summed E-state index contributed by atoms with van der Waals surface area (Å²) in [5, 5.41) is 6.64. The molecule has 0 aliphatic carbocycles. The van der Waals surface area contributed by atoms with Crippen LogP contribution in [-0.2, 0) is 4.79 Å². The van der Waals surface area contributed by atoms with Crippen molar-refractivity contribution in [2.45, 2.75) is 20.8 Å². The van der Waals surface area contributed by atoms with Gasteiger partial charge in [-0.15, -0.1) is 0 Å². The second-order valence-electron chi connectivity index (χ2n) is 8.49. The normalized spacial score (nSPS) is 14.2. The van der Waals surface area contributed by atoms with Gasteiger partial charge in [0.15, 0.2) is 5.11 Å². The summed E-state index contributed by atoms with van der Waals surface area (Å²) in [4.78, 5) is 28.8. The summed E-state index contributed by atoms with van der Waals surface area (Å²) in [6, 6.07) is 14.9. The molecule has 0 saturated carbocycles. The summed E-state index contributed by atoms with van der Waals surface area (Å²) < 4.78 is 0. The third kappa shape index (κ3) is 6.18. The molecule has 0 bridgehead atoms. The van der Waals surface area contributed by atoms with Gasteiger partial charge in [-0.05, 0) is 60.7 Å². The first kappa shape index (κ1) is 23.0. The minimum atomic E-state index is -0.507. The average molecular weight is 459 g/mol. The Morgan fingerprint density at radius 3 is 2.06 bits per heavy atom. The van der Waals surface area contributed by atoms with Crippen LogP contribution < -0.4 is 15.5 Å². The van der Waals surface area contributed by atoms with Crippen molar-refractivity contribution in [2.75, 3.05) is 36.4 Å². The summed E-state index contributed by atoms with van der Waals surface area (Å²) in [5.41, 5.74) is 2.03. The second kappa shape index (κ2) is 9.66. The van der Waals surface area contributed by atoms with Gasteiger partial charge in [0.1, 0.15) is 0 Å². The quantitative estimate of drug-likeness (QED) is 0.676. The number of hydrogen-bond donors (Lipinski definition) is 2. The lowest BCUT2D eigenvalue weighted by Gasteiger charge is -2.36. The highest BCUT2D eigenvalue weighted by molar-refractivity contribution is 7.80. The van der Waals surface area contributed by atoms with E-state index in [1.54, 1.807) is 24.3 Å². The maximum atomic E-state index is 12.7. The molecule has 1 aliphatic heterocycles. The smallest absolute Gasteiger partial charge is 0.253 e. The number of amides is 2. The first-order valence-electron chi connectivity index (χ1n) is 10.2. The van der Waals surface area contributed by atoms with Crippen LogP contribution in [0.1, 0.15) is 31.1 Å². The summed E-state index contributed by atoms with van der Waals surface area (Å²) in [5.74, 6) is -0.102. The molecule has 1 heterocycles. The average Bonchev–Trinajstić information content (AvgIpc) is 2.74. The van der Waals surface area contributed by atoms with Gasteiger partial charge in [0.25, 0.3) is 5.91 Å². The number of anilines is 2. The van der Waals surface area contributed by atoms with Gasteiger partial charge in [0.05, 0.1) is 0 Å². The second-order valence-corrected chi connectivity index (χ2v) is 9.34. The van der Waals surface area contributed by atoms with E-state index in [0.29, 0.717) is 23.7 Å². The van der Waals surface area contributed by atoms with Gasteiger partial charge in [-0.2, -0.15) is 0 Å². The predicted octanol–water partition coefficient (Wildman–Crippen LogP) is 4.16. The maximum absolute atomic E-state index is 12.7. The van der Waals surface area contributed by atoms with Crippen LogP contribution in [0.15, 0.2) is 48.5 Å². The topological polar surface area (TPSA) is 64.7 Å². The minimum Gasteiger partial charge on any atom is -0.368 e. The fourth-order valence-electron chi connectivity index (χ4n) is 3.15. The minimum absolute atomic E-state index is 0.0293. The van der Waals surface area contributed by atoms with E-state index in [1.807, 2.05) is 49.9 Å². The van der Waals surface area contributed by atoms with Crippen LogP contribution in [-0.4, -0.2) is 48.0 Å². The van der Waals surface area contributed by atoms with E-state index in [-0.39, 0.29) is 16.9 Å². The molecule has 6 nitrogen and oxygen atoms in total. The van der Waals surface area contributed by atoms with Crippen LogP contribution >= 0.6 is 23.8 Å². The van der Waals surface area contributed by atoms with Gasteiger partial charge in [0, 0.05) is 53.6 Å². The molecule has 2 N–H and O–H groups in total. The van der Waals surface area contributed by atoms with Gasteiger partial charge in [-0.25, -0.2) is 0 Å². The fraction of sp³-hybridized carbons (Fsp3) is 0.348. The Morgan fingerprint density at radius 2 is 1.52 bits per heavy atom. The monoisotopic (exact) mass is 458 g/mol. The van der Waals surface area contributed by atoms with E-state index in [2.05, 4.69) is 15.5 Å². The Morgan fingerprint density at radius 1 is 0.935 bits per heavy atom. The number of rotatable bonds is 3. The van der Waals surface area contributed by atoms with Crippen molar-refractivity contribution in [3.05, 3.63) is 59.1 Å². The standard InChI is InChI=1S/C23H27ClN4O2S/c1-23(2,3)21(30)26-22(31)25-18-8-10-19(11-9-18)27-12-14-28(15-13-27)20(29)16-4-6-17(24)7-5-16/h4-11H,12-15H2,1-3H3,(H2,25,26,30,31). The SMILES string of the molecule is CC(C)(C)C(=O)NC(=S)Nc1ccc(N2CCN(C(=O)c3ccc(Cl)cc3)CC2)cc1. The molecule has 164 valence electrons. The van der Waals surface area contributed by atoms with E-state index < -0.39 is 5.41 Å². The molecule has 0 aromatic heterocycles. The van der Waals surface area contributed by atoms with Gasteiger partial charge in [-0.3, -0.25) is 9.59 Å². The highest BCUT2D eigenvalue weighted by Gasteiger charge is 2.23. The molecule has 0 radical (unpaired) electrons. The van der Waals surface area contributed by atoms with Crippen LogP contribution in [0.3, 0.4) is 0 Å². The molecular weight excluding hydrogens is 432 g/mol. The first-order valence-corrected chi connectivity index (χ1v) is 10.9. The number of benzene rings is 2. The van der Waals surface area contributed by atoms with Crippen molar-refractivity contribution in [1.29, 1.82) is 0 Å². The molecule has 3 rings (SSSR count). The Balaban J connectivity index is 1.52. The highest BCUT2D eigenvalue weighted by atomic mass is 35.5. The Bertz CT molecular complexity index is 947. The Labute approximate surface area is 193 Å². The zero-order valence-electron chi connectivity index (χ0n) is 17.9. The molecule has 8 heteroatoms. The number of carbonyl (C=O) groups is 2. The number of nitrogens with zero attached hydrogens (tertiary/aromatic N) is 2. The summed E-state index contributed by atoms with van der Waals surface area (Å²) in [7, 11) is 0. The molecule has 2 aromatic carbocycles. The first-order chi connectivity index (χ1) is 14.6. The molecule has 0 spiro atoms. The van der Waals surface area contributed by atoms with E-state index in [4.69, 9.17) is 23.8 Å². The Hall–Kier alpha value is -2.64. The number of piperazine rings is 1. The summed E-state index contributed by atoms with van der Waals surface area (Å²) in [6.07, 6.45) is 0. The zero-order valence-corrected chi connectivity index (χ0v) is 19.5. The molecule has 2 amide bonds. The third-order valence-electron chi connectivity index (χ3n) is 5.06. The fourth-order valence-corrected chi connectivity index (χ4v) is 3.49. The van der Waals surface area contributed by atoms with Gasteiger partial charge in [-0.1, -0.05) is 32.4 Å². The van der Waals surface area contributed by atoms with Crippen LogP contribution in [0, 0.1) is 5.41 Å². The van der Waals surface area contributed by atoms with Crippen molar-refractivity contribution in [3.63, 3.8) is 0 Å². The number of nitrogens with one attached hydrogen (secondary N) is 2. The number of carbonyl (C=O) groups excluding carboxylic acids is 2. The van der Waals surface area contributed by atoms with E-state index in [0.717, 1.165) is 24.5 Å². The lowest BCUT2D eigenvalue weighted by Crippen LogP contribution is -2.48. The van der Waals surface area contributed by atoms with Gasteiger partial charge in [0.2, 0.25) is 5.91 Å². The van der Waals surface area contributed by atoms with Gasteiger partial charge >= 0.3 is 0 Å². The van der Waals surface area contributed by atoms with Crippen molar-refractivity contribution in [2.24, 2.45) is 5.41 Å². The van der Waals surface area contributed by atoms with Crippen molar-refractivity contribution in [3.8, 4) is 0 Å². The molecule has 1 aliphatic rings. The molecule has 1 fully saturated rings. The summed E-state index contributed by atoms with van der Waals surface area (Å²) in [6.45, 7) is 8.33. The van der Waals surface area contributed by atoms with Gasteiger partial charge < -0.3 is 20.4 Å². The zero-order chi connectivity index (χ0) is 22.6. The third-order valence-corrected chi connectivity index (χ3v) is 5.51. The van der Waals surface area contributed by atoms with E-state index in [1.165, 1.54) is 0 Å². The van der Waals surface area contributed by atoms with Crippen LogP contribution in [0.2, 0.25) is 5.02 Å². The van der Waals surface area contributed by atoms with E-state index >= 15 is 0 Å². The number of hydrogen-bond acceptors (Lipinski definition) is 4. The van der Waals surface area contributed by atoms with Crippen LogP contribution in [0.4, 0.5) is 11.4 Å². The molecule has 2 aromatic rings. The largest absolute Gasteiger partial charge is 0.368 e. The van der Waals surface area contributed by atoms with Crippen LogP contribution in [0.5, 0.6) is 0 Å². The van der Waals surface area contributed by atoms with E-state index in [9.17, 15) is 9.59 Å². The lowest BCUT2D eigenvalue weighted by molar-refractivity contribution is -0.126. The molecule has 0 unspecified atom stereocenters. The molecular formula is C23H27ClN4O2S. The highest BCUT2D eigenvalue weighted by Crippen LogP contribution is 2.21. The maximum Gasteiger partial charge on any atom is 0.253 e. The number of thiocarbonyl (C=S) groups is 1. The molecule has 1 saturated heterocycles. The predicted molar refractivity (Wildman–Crippen MR) is 130 cm³/mol. The van der Waals surface area contributed by atoms with Crippen molar-refractivity contribution < 1.29 is 9.59 Å². The number of halogens is 1.